The van der Waals surface area contributed by atoms with Crippen LogP contribution in [0.25, 0.3) is 0 Å². The Balaban J connectivity index is 1.67. The number of hydrogen-bond acceptors (Lipinski definition) is 3. The molecule has 1 aromatic carbocycles. The quantitative estimate of drug-likeness (QED) is 0.501. The lowest BCUT2D eigenvalue weighted by Crippen LogP contribution is -2.37. The van der Waals surface area contributed by atoms with Gasteiger partial charge in [0.25, 0.3) is 0 Å². The van der Waals surface area contributed by atoms with Crippen molar-refractivity contribution in [3.8, 4) is 0 Å². The zero-order chi connectivity index (χ0) is 18.9. The minimum absolute atomic E-state index is 0.605. The van der Waals surface area contributed by atoms with E-state index >= 15 is 0 Å². The fourth-order valence-corrected chi connectivity index (χ4v) is 2.81. The molecule has 6 heteroatoms. The molecule has 0 radical (unpaired) electrons. The molecule has 0 saturated carbocycles. The summed E-state index contributed by atoms with van der Waals surface area (Å²) in [5.74, 6) is 0.787. The molecule has 0 bridgehead atoms. The molecule has 2 heterocycles. The van der Waals surface area contributed by atoms with Crippen LogP contribution in [-0.2, 0) is 19.6 Å². The number of nitrogens with one attached hydrogen (secondary N) is 2. The molecule has 2 aromatic heterocycles. The molecule has 6 nitrogen and oxygen atoms in total. The number of hydrogen-bond donors (Lipinski definition) is 2. The highest BCUT2D eigenvalue weighted by atomic mass is 15.3. The van der Waals surface area contributed by atoms with Crippen molar-refractivity contribution in [2.24, 2.45) is 4.99 Å². The van der Waals surface area contributed by atoms with E-state index in [1.165, 1.54) is 11.1 Å². The van der Waals surface area contributed by atoms with Crippen molar-refractivity contribution in [3.05, 3.63) is 83.4 Å². The van der Waals surface area contributed by atoms with Gasteiger partial charge in [0.05, 0.1) is 25.3 Å². The molecule has 3 rings (SSSR count). The molecular formula is C21H26N6. The molecule has 0 amide bonds. The van der Waals surface area contributed by atoms with Gasteiger partial charge < -0.3 is 10.6 Å². The van der Waals surface area contributed by atoms with Crippen LogP contribution >= 0.6 is 0 Å². The highest BCUT2D eigenvalue weighted by Gasteiger charge is 2.04. The molecule has 0 aliphatic carbocycles. The molecule has 0 saturated heterocycles. The Morgan fingerprint density at radius 2 is 1.89 bits per heavy atom. The third-order valence-corrected chi connectivity index (χ3v) is 4.14. The molecule has 27 heavy (non-hydrogen) atoms. The van der Waals surface area contributed by atoms with Crippen LogP contribution < -0.4 is 10.6 Å². The molecule has 0 aliphatic rings. The van der Waals surface area contributed by atoms with Crippen LogP contribution in [0.15, 0.2) is 65.9 Å². The van der Waals surface area contributed by atoms with Gasteiger partial charge in [-0.1, -0.05) is 30.3 Å². The van der Waals surface area contributed by atoms with Gasteiger partial charge >= 0.3 is 0 Å². The molecule has 0 fully saturated rings. The summed E-state index contributed by atoms with van der Waals surface area (Å²) in [6.07, 6.45) is 3.77. The number of rotatable bonds is 7. The number of pyridine rings is 1. The first-order valence-electron chi connectivity index (χ1n) is 9.23. The Hall–Kier alpha value is -3.15. The van der Waals surface area contributed by atoms with Crippen LogP contribution in [0, 0.1) is 6.92 Å². The van der Waals surface area contributed by atoms with E-state index in [1.54, 1.807) is 6.20 Å². The van der Waals surface area contributed by atoms with E-state index in [2.05, 4.69) is 51.9 Å². The van der Waals surface area contributed by atoms with Crippen molar-refractivity contribution in [1.29, 1.82) is 0 Å². The van der Waals surface area contributed by atoms with Gasteiger partial charge in [0, 0.05) is 24.6 Å². The number of nitrogens with zero attached hydrogens (tertiary/aromatic N) is 4. The van der Waals surface area contributed by atoms with Crippen molar-refractivity contribution >= 4 is 5.96 Å². The number of aryl methyl sites for hydroxylation is 1. The molecular weight excluding hydrogens is 336 g/mol. The second-order valence-electron chi connectivity index (χ2n) is 6.29. The fraction of sp³-hybridized carbons (Fsp3) is 0.286. The summed E-state index contributed by atoms with van der Waals surface area (Å²) in [6, 6.07) is 16.3. The van der Waals surface area contributed by atoms with Crippen LogP contribution in [-0.4, -0.2) is 27.3 Å². The molecule has 0 unspecified atom stereocenters. The standard InChI is InChI=1S/C21H26N6/c1-3-22-21(24-15-20-11-6-8-17(2)26-20)23-14-18-9-4-5-10-19(18)16-27-13-7-12-25-27/h4-13H,3,14-16H2,1-2H3,(H2,22,23,24). The summed E-state index contributed by atoms with van der Waals surface area (Å²) in [4.78, 5) is 9.27. The van der Waals surface area contributed by atoms with E-state index < -0.39 is 0 Å². The lowest BCUT2D eigenvalue weighted by molar-refractivity contribution is 0.680. The van der Waals surface area contributed by atoms with Gasteiger partial charge in [-0.3, -0.25) is 9.67 Å². The third-order valence-electron chi connectivity index (χ3n) is 4.14. The van der Waals surface area contributed by atoms with Gasteiger partial charge in [-0.15, -0.1) is 0 Å². The maximum Gasteiger partial charge on any atom is 0.191 e. The summed E-state index contributed by atoms with van der Waals surface area (Å²) in [7, 11) is 0. The second-order valence-corrected chi connectivity index (χ2v) is 6.29. The first-order valence-corrected chi connectivity index (χ1v) is 9.23. The van der Waals surface area contributed by atoms with Gasteiger partial charge in [0.2, 0.25) is 0 Å². The molecule has 0 atom stereocenters. The Morgan fingerprint density at radius 1 is 1.04 bits per heavy atom. The first-order chi connectivity index (χ1) is 13.2. The summed E-state index contributed by atoms with van der Waals surface area (Å²) in [5, 5.41) is 11.0. The lowest BCUT2D eigenvalue weighted by Gasteiger charge is -2.12. The second kappa shape index (κ2) is 9.52. The summed E-state index contributed by atoms with van der Waals surface area (Å²) in [6.45, 7) is 6.86. The van der Waals surface area contributed by atoms with Crippen molar-refractivity contribution in [3.63, 3.8) is 0 Å². The van der Waals surface area contributed by atoms with Crippen LogP contribution in [0.1, 0.15) is 29.4 Å². The SMILES string of the molecule is CCNC(=NCc1ccccc1Cn1cccn1)NCc1cccc(C)n1. The number of guanidine groups is 1. The topological polar surface area (TPSA) is 67.1 Å². The van der Waals surface area contributed by atoms with Crippen molar-refractivity contribution < 1.29 is 0 Å². The molecule has 0 aliphatic heterocycles. The zero-order valence-electron chi connectivity index (χ0n) is 15.9. The van der Waals surface area contributed by atoms with E-state index in [-0.39, 0.29) is 0 Å². The average molecular weight is 362 g/mol. The normalized spacial score (nSPS) is 11.4. The Morgan fingerprint density at radius 3 is 2.63 bits per heavy atom. The van der Waals surface area contributed by atoms with E-state index in [0.717, 1.165) is 30.4 Å². The summed E-state index contributed by atoms with van der Waals surface area (Å²) < 4.78 is 1.93. The Kier molecular flexibility index (Phi) is 6.57. The first kappa shape index (κ1) is 18.6. The monoisotopic (exact) mass is 362 g/mol. The predicted octanol–water partition coefficient (Wildman–Crippen LogP) is 2.89. The van der Waals surface area contributed by atoms with E-state index in [9.17, 15) is 0 Å². The van der Waals surface area contributed by atoms with Gasteiger partial charge in [-0.05, 0) is 43.2 Å². The van der Waals surface area contributed by atoms with Crippen LogP contribution in [0.2, 0.25) is 0 Å². The lowest BCUT2D eigenvalue weighted by atomic mass is 10.1. The van der Waals surface area contributed by atoms with Gasteiger partial charge in [-0.2, -0.15) is 5.10 Å². The summed E-state index contributed by atoms with van der Waals surface area (Å²) >= 11 is 0. The van der Waals surface area contributed by atoms with Gasteiger partial charge in [-0.25, -0.2) is 4.99 Å². The third kappa shape index (κ3) is 5.67. The smallest absolute Gasteiger partial charge is 0.191 e. The van der Waals surface area contributed by atoms with Gasteiger partial charge in [0.15, 0.2) is 5.96 Å². The van der Waals surface area contributed by atoms with Crippen LogP contribution in [0.3, 0.4) is 0 Å². The van der Waals surface area contributed by atoms with Crippen LogP contribution in [0.4, 0.5) is 0 Å². The van der Waals surface area contributed by atoms with Crippen molar-refractivity contribution in [2.75, 3.05) is 6.54 Å². The van der Waals surface area contributed by atoms with E-state index in [4.69, 9.17) is 4.99 Å². The highest BCUT2D eigenvalue weighted by molar-refractivity contribution is 5.79. The molecule has 2 N–H and O–H groups in total. The zero-order valence-corrected chi connectivity index (χ0v) is 15.9. The fourth-order valence-electron chi connectivity index (χ4n) is 2.81. The average Bonchev–Trinajstić information content (AvgIpc) is 3.18. The Bertz CT molecular complexity index is 870. The minimum atomic E-state index is 0.605. The highest BCUT2D eigenvalue weighted by Crippen LogP contribution is 2.11. The predicted molar refractivity (Wildman–Crippen MR) is 108 cm³/mol. The number of aliphatic imine (C=N–C) groups is 1. The largest absolute Gasteiger partial charge is 0.357 e. The minimum Gasteiger partial charge on any atom is -0.357 e. The summed E-state index contributed by atoms with van der Waals surface area (Å²) in [5.41, 5.74) is 4.43. The molecule has 3 aromatic rings. The van der Waals surface area contributed by atoms with E-state index in [0.29, 0.717) is 13.1 Å². The van der Waals surface area contributed by atoms with Crippen molar-refractivity contribution in [1.82, 2.24) is 25.4 Å². The number of aromatic nitrogens is 3. The van der Waals surface area contributed by atoms with Crippen molar-refractivity contribution in [2.45, 2.75) is 33.5 Å². The van der Waals surface area contributed by atoms with E-state index in [1.807, 2.05) is 42.1 Å². The maximum absolute atomic E-state index is 4.75. The molecule has 140 valence electrons. The number of benzene rings is 1. The molecule has 0 spiro atoms. The van der Waals surface area contributed by atoms with Gasteiger partial charge in [0.1, 0.15) is 0 Å². The van der Waals surface area contributed by atoms with Crippen LogP contribution in [0.5, 0.6) is 0 Å². The Labute approximate surface area is 160 Å². The maximum atomic E-state index is 4.75.